The average Bonchev–Trinajstić information content (AvgIpc) is 2.74. The molecule has 0 bridgehead atoms. The van der Waals surface area contributed by atoms with Crippen LogP contribution >= 0.6 is 0 Å². The molecule has 1 heterocycles. The Labute approximate surface area is 106 Å². The molecule has 0 radical (unpaired) electrons. The number of phenols is 1. The van der Waals surface area contributed by atoms with Crippen molar-refractivity contribution in [3.63, 3.8) is 0 Å². The summed E-state index contributed by atoms with van der Waals surface area (Å²) in [6.45, 7) is 0. The summed E-state index contributed by atoms with van der Waals surface area (Å²) in [4.78, 5) is 32.3. The highest BCUT2D eigenvalue weighted by molar-refractivity contribution is 5.92. The standard InChI is InChI=1S/C11H10N2O6/c14-8-4-2-6(12-8)9-7(13(18)19)3-1-5(10(9)15)11(16)17/h1,3,6,15H,2,4H2,(H,12,14)(H,16,17). The zero-order valence-electron chi connectivity index (χ0n) is 9.62. The molecular weight excluding hydrogens is 256 g/mol. The van der Waals surface area contributed by atoms with Crippen LogP contribution in [-0.4, -0.2) is 27.0 Å². The molecule has 0 saturated carbocycles. The summed E-state index contributed by atoms with van der Waals surface area (Å²) in [6, 6.07) is 1.24. The average molecular weight is 266 g/mol. The van der Waals surface area contributed by atoms with Crippen LogP contribution in [0.2, 0.25) is 0 Å². The third-order valence-electron chi connectivity index (χ3n) is 2.96. The number of hydrogen-bond acceptors (Lipinski definition) is 5. The number of nitrogens with zero attached hydrogens (tertiary/aromatic N) is 1. The second-order valence-electron chi connectivity index (χ2n) is 4.12. The first-order valence-electron chi connectivity index (χ1n) is 5.44. The van der Waals surface area contributed by atoms with Crippen LogP contribution in [0.15, 0.2) is 12.1 Å². The minimum Gasteiger partial charge on any atom is -0.506 e. The predicted octanol–water partition coefficient (Wildman–Crippen LogP) is 0.950. The molecule has 1 amide bonds. The van der Waals surface area contributed by atoms with E-state index >= 15 is 0 Å². The Balaban J connectivity index is 2.60. The summed E-state index contributed by atoms with van der Waals surface area (Å²) in [5, 5.41) is 32.2. The molecule has 3 N–H and O–H groups in total. The number of nitro benzene ring substituents is 1. The second-order valence-corrected chi connectivity index (χ2v) is 4.12. The fourth-order valence-corrected chi connectivity index (χ4v) is 2.10. The van der Waals surface area contributed by atoms with Gasteiger partial charge >= 0.3 is 5.97 Å². The van der Waals surface area contributed by atoms with Gasteiger partial charge in [-0.15, -0.1) is 0 Å². The van der Waals surface area contributed by atoms with Crippen molar-refractivity contribution in [3.05, 3.63) is 33.4 Å². The molecule has 0 aliphatic carbocycles. The Hall–Kier alpha value is -2.64. The molecule has 1 saturated heterocycles. The maximum atomic E-state index is 11.2. The van der Waals surface area contributed by atoms with Gasteiger partial charge in [0, 0.05) is 12.5 Å². The summed E-state index contributed by atoms with van der Waals surface area (Å²) in [6.07, 6.45) is 0.453. The monoisotopic (exact) mass is 266 g/mol. The zero-order chi connectivity index (χ0) is 14.2. The number of hydrogen-bond donors (Lipinski definition) is 3. The Morgan fingerprint density at radius 2 is 2.16 bits per heavy atom. The second kappa shape index (κ2) is 4.56. The van der Waals surface area contributed by atoms with E-state index in [0.29, 0.717) is 0 Å². The van der Waals surface area contributed by atoms with Gasteiger partial charge in [-0.3, -0.25) is 14.9 Å². The first-order chi connectivity index (χ1) is 8.91. The van der Waals surface area contributed by atoms with Crippen LogP contribution < -0.4 is 5.32 Å². The van der Waals surface area contributed by atoms with Crippen molar-refractivity contribution in [2.24, 2.45) is 0 Å². The fourth-order valence-electron chi connectivity index (χ4n) is 2.10. The van der Waals surface area contributed by atoms with Crippen LogP contribution in [0.4, 0.5) is 5.69 Å². The smallest absolute Gasteiger partial charge is 0.339 e. The van der Waals surface area contributed by atoms with E-state index in [9.17, 15) is 24.8 Å². The third kappa shape index (κ3) is 2.19. The molecule has 8 heteroatoms. The highest BCUT2D eigenvalue weighted by Crippen LogP contribution is 2.39. The number of aromatic hydroxyl groups is 1. The van der Waals surface area contributed by atoms with Crippen molar-refractivity contribution in [1.29, 1.82) is 0 Å². The Morgan fingerprint density at radius 1 is 1.47 bits per heavy atom. The van der Waals surface area contributed by atoms with Gasteiger partial charge in [-0.1, -0.05) is 0 Å². The summed E-state index contributed by atoms with van der Waals surface area (Å²) < 4.78 is 0. The number of carbonyl (C=O) groups excluding carboxylic acids is 1. The van der Waals surface area contributed by atoms with E-state index in [1.54, 1.807) is 0 Å². The first-order valence-corrected chi connectivity index (χ1v) is 5.44. The summed E-state index contributed by atoms with van der Waals surface area (Å²) in [5.74, 6) is -2.36. The Morgan fingerprint density at radius 3 is 2.63 bits per heavy atom. The van der Waals surface area contributed by atoms with E-state index in [-0.39, 0.29) is 24.3 Å². The van der Waals surface area contributed by atoms with Gasteiger partial charge in [0.05, 0.1) is 16.5 Å². The number of amides is 1. The number of nitrogens with one attached hydrogen (secondary N) is 1. The SMILES string of the molecule is O=C1CCC(c2c([N+](=O)[O-])ccc(C(=O)O)c2O)N1. The molecular formula is C11H10N2O6. The maximum Gasteiger partial charge on any atom is 0.339 e. The maximum absolute atomic E-state index is 11.2. The van der Waals surface area contributed by atoms with Crippen molar-refractivity contribution in [3.8, 4) is 5.75 Å². The van der Waals surface area contributed by atoms with Gasteiger partial charge in [-0.25, -0.2) is 4.79 Å². The summed E-state index contributed by atoms with van der Waals surface area (Å²) in [5.41, 5.74) is -0.993. The molecule has 0 aromatic heterocycles. The number of carbonyl (C=O) groups is 2. The van der Waals surface area contributed by atoms with E-state index in [1.165, 1.54) is 0 Å². The number of aromatic carboxylic acids is 1. The van der Waals surface area contributed by atoms with E-state index in [2.05, 4.69) is 5.32 Å². The summed E-state index contributed by atoms with van der Waals surface area (Å²) in [7, 11) is 0. The minimum atomic E-state index is -1.39. The molecule has 1 aliphatic heterocycles. The molecule has 1 aliphatic rings. The van der Waals surface area contributed by atoms with Crippen LogP contribution in [0, 0.1) is 10.1 Å². The van der Waals surface area contributed by atoms with E-state index in [0.717, 1.165) is 12.1 Å². The highest BCUT2D eigenvalue weighted by Gasteiger charge is 2.33. The van der Waals surface area contributed by atoms with Gasteiger partial charge < -0.3 is 15.5 Å². The van der Waals surface area contributed by atoms with Gasteiger partial charge in [0.15, 0.2) is 0 Å². The lowest BCUT2D eigenvalue weighted by atomic mass is 9.98. The molecule has 1 unspecified atom stereocenters. The number of benzene rings is 1. The quantitative estimate of drug-likeness (QED) is 0.551. The largest absolute Gasteiger partial charge is 0.506 e. The molecule has 1 fully saturated rings. The van der Waals surface area contributed by atoms with Gasteiger partial charge in [0.2, 0.25) is 5.91 Å². The van der Waals surface area contributed by atoms with Crippen molar-refractivity contribution in [2.75, 3.05) is 0 Å². The van der Waals surface area contributed by atoms with Crippen molar-refractivity contribution >= 4 is 17.6 Å². The van der Waals surface area contributed by atoms with E-state index < -0.39 is 33.9 Å². The van der Waals surface area contributed by atoms with E-state index in [4.69, 9.17) is 5.11 Å². The molecule has 100 valence electrons. The highest BCUT2D eigenvalue weighted by atomic mass is 16.6. The molecule has 1 aromatic rings. The van der Waals surface area contributed by atoms with Gasteiger partial charge in [-0.05, 0) is 12.5 Å². The lowest BCUT2D eigenvalue weighted by molar-refractivity contribution is -0.385. The molecule has 1 aromatic carbocycles. The topological polar surface area (TPSA) is 130 Å². The molecule has 0 spiro atoms. The van der Waals surface area contributed by atoms with Gasteiger partial charge in [0.25, 0.3) is 5.69 Å². The molecule has 1 atom stereocenters. The third-order valence-corrected chi connectivity index (χ3v) is 2.96. The van der Waals surface area contributed by atoms with E-state index in [1.807, 2.05) is 0 Å². The number of rotatable bonds is 3. The van der Waals surface area contributed by atoms with Gasteiger partial charge in [-0.2, -0.15) is 0 Å². The number of carboxylic acids is 1. The lowest BCUT2D eigenvalue weighted by Crippen LogP contribution is -2.20. The molecule has 19 heavy (non-hydrogen) atoms. The van der Waals surface area contributed by atoms with Gasteiger partial charge in [0.1, 0.15) is 11.3 Å². The number of carboxylic acid groups (broad SMARTS) is 1. The van der Waals surface area contributed by atoms with Crippen LogP contribution in [0.5, 0.6) is 5.75 Å². The molecule has 2 rings (SSSR count). The minimum absolute atomic E-state index is 0.157. The van der Waals surface area contributed by atoms with Crippen LogP contribution in [0.3, 0.4) is 0 Å². The lowest BCUT2D eigenvalue weighted by Gasteiger charge is -2.14. The van der Waals surface area contributed by atoms with Crippen LogP contribution in [0.1, 0.15) is 34.8 Å². The first kappa shape index (κ1) is 12.8. The fraction of sp³-hybridized carbons (Fsp3) is 0.273. The van der Waals surface area contributed by atoms with Crippen molar-refractivity contribution in [1.82, 2.24) is 5.32 Å². The number of nitro groups is 1. The normalized spacial score (nSPS) is 18.1. The predicted molar refractivity (Wildman–Crippen MR) is 61.8 cm³/mol. The Kier molecular flexibility index (Phi) is 3.07. The Bertz CT molecular complexity index is 583. The zero-order valence-corrected chi connectivity index (χ0v) is 9.62. The van der Waals surface area contributed by atoms with Crippen molar-refractivity contribution < 1.29 is 24.7 Å². The van der Waals surface area contributed by atoms with Crippen LogP contribution in [0.25, 0.3) is 0 Å². The summed E-state index contributed by atoms with van der Waals surface area (Å²) >= 11 is 0. The van der Waals surface area contributed by atoms with Crippen molar-refractivity contribution in [2.45, 2.75) is 18.9 Å². The molecule has 8 nitrogen and oxygen atoms in total. The van der Waals surface area contributed by atoms with Crippen LogP contribution in [-0.2, 0) is 4.79 Å².